The number of rotatable bonds is 1. The van der Waals surface area contributed by atoms with Crippen molar-refractivity contribution in [1.29, 1.82) is 0 Å². The van der Waals surface area contributed by atoms with Gasteiger partial charge < -0.3 is 4.57 Å². The van der Waals surface area contributed by atoms with Crippen LogP contribution in [0, 0.1) is 5.41 Å². The summed E-state index contributed by atoms with van der Waals surface area (Å²) in [7, 11) is 1.88. The average molecular weight is 222 g/mol. The Kier molecular flexibility index (Phi) is 3.01. The number of imidazole rings is 1. The third kappa shape index (κ3) is 2.52. The molecule has 0 aliphatic carbocycles. The molecule has 0 aliphatic heterocycles. The number of nitrogens with zero attached hydrogens (tertiary/aromatic N) is 2. The van der Waals surface area contributed by atoms with E-state index in [1.807, 2.05) is 38.6 Å². The van der Waals surface area contributed by atoms with Gasteiger partial charge in [-0.05, 0) is 0 Å². The molecule has 1 heterocycles. The minimum atomic E-state index is -0.381. The molecule has 0 aliphatic rings. The maximum Gasteiger partial charge on any atom is 0.203 e. The summed E-state index contributed by atoms with van der Waals surface area (Å²) in [5, 5.41) is 0. The molecule has 0 saturated heterocycles. The Morgan fingerprint density at radius 3 is 2.00 bits per heavy atom. The van der Waals surface area contributed by atoms with Gasteiger partial charge in [0.15, 0.2) is 5.82 Å². The fourth-order valence-corrected chi connectivity index (χ4v) is 1.37. The topological polar surface area (TPSA) is 34.9 Å². The van der Waals surface area contributed by atoms with Crippen LogP contribution in [0.25, 0.3) is 0 Å². The molecule has 90 valence electrons. The van der Waals surface area contributed by atoms with E-state index >= 15 is 0 Å². The molecule has 3 heteroatoms. The van der Waals surface area contributed by atoms with Gasteiger partial charge in [0.25, 0.3) is 0 Å². The van der Waals surface area contributed by atoms with Gasteiger partial charge in [-0.2, -0.15) is 0 Å². The van der Waals surface area contributed by atoms with Crippen molar-refractivity contribution >= 4 is 5.78 Å². The van der Waals surface area contributed by atoms with Crippen molar-refractivity contribution in [3.8, 4) is 0 Å². The van der Waals surface area contributed by atoms with E-state index in [0.29, 0.717) is 5.82 Å². The molecule has 0 amide bonds. The van der Waals surface area contributed by atoms with Crippen molar-refractivity contribution in [2.45, 2.75) is 47.0 Å². The zero-order valence-electron chi connectivity index (χ0n) is 11.4. The van der Waals surface area contributed by atoms with E-state index in [1.54, 1.807) is 0 Å². The van der Waals surface area contributed by atoms with E-state index in [9.17, 15) is 4.79 Å². The Morgan fingerprint density at radius 1 is 1.19 bits per heavy atom. The standard InChI is InChI=1S/C13H22N2O/c1-12(2,3)9-8-15(7)11(14-9)10(16)13(4,5)6/h8H,1-7H3. The molecule has 1 aromatic heterocycles. The lowest BCUT2D eigenvalue weighted by atomic mass is 9.90. The van der Waals surface area contributed by atoms with Crippen LogP contribution >= 0.6 is 0 Å². The first-order valence-corrected chi connectivity index (χ1v) is 5.62. The molecule has 0 aromatic carbocycles. The summed E-state index contributed by atoms with van der Waals surface area (Å²) in [6.07, 6.45) is 1.94. The largest absolute Gasteiger partial charge is 0.331 e. The van der Waals surface area contributed by atoms with E-state index in [-0.39, 0.29) is 16.6 Å². The molecular formula is C13H22N2O. The fourth-order valence-electron chi connectivity index (χ4n) is 1.37. The number of aromatic nitrogens is 2. The average Bonchev–Trinajstić information content (AvgIpc) is 2.43. The molecule has 0 radical (unpaired) electrons. The zero-order valence-corrected chi connectivity index (χ0v) is 11.4. The molecule has 0 N–H and O–H groups in total. The number of aryl methyl sites for hydroxylation is 1. The lowest BCUT2D eigenvalue weighted by Crippen LogP contribution is -2.23. The molecule has 0 unspecified atom stereocenters. The summed E-state index contributed by atoms with van der Waals surface area (Å²) < 4.78 is 1.83. The minimum absolute atomic E-state index is 0.0197. The number of carbonyl (C=O) groups is 1. The second-order valence-corrected chi connectivity index (χ2v) is 6.39. The number of Topliss-reactive ketones (excluding diaryl/α,β-unsaturated/α-hetero) is 1. The SMILES string of the molecule is Cn1cc(C(C)(C)C)nc1C(=O)C(C)(C)C. The van der Waals surface area contributed by atoms with Crippen molar-refractivity contribution in [2.75, 3.05) is 0 Å². The van der Waals surface area contributed by atoms with Crippen molar-refractivity contribution in [1.82, 2.24) is 9.55 Å². The molecule has 16 heavy (non-hydrogen) atoms. The van der Waals surface area contributed by atoms with Crippen LogP contribution in [0.3, 0.4) is 0 Å². The van der Waals surface area contributed by atoms with E-state index in [1.165, 1.54) is 0 Å². The highest BCUT2D eigenvalue weighted by molar-refractivity contribution is 5.96. The van der Waals surface area contributed by atoms with Gasteiger partial charge >= 0.3 is 0 Å². The van der Waals surface area contributed by atoms with Crippen molar-refractivity contribution < 1.29 is 4.79 Å². The summed E-state index contributed by atoms with van der Waals surface area (Å²) in [5.41, 5.74) is 0.560. The van der Waals surface area contributed by atoms with Crippen molar-refractivity contribution in [2.24, 2.45) is 12.5 Å². The smallest absolute Gasteiger partial charge is 0.203 e. The summed E-state index contributed by atoms with van der Waals surface area (Å²) in [6, 6.07) is 0. The Hall–Kier alpha value is -1.12. The zero-order chi connectivity index (χ0) is 12.7. The van der Waals surface area contributed by atoms with Gasteiger partial charge in [-0.3, -0.25) is 4.79 Å². The summed E-state index contributed by atoms with van der Waals surface area (Å²) >= 11 is 0. The van der Waals surface area contributed by atoms with E-state index in [0.717, 1.165) is 5.69 Å². The van der Waals surface area contributed by atoms with Crippen LogP contribution in [0.1, 0.15) is 57.9 Å². The maximum absolute atomic E-state index is 12.1. The number of ketones is 1. The molecule has 0 atom stereocenters. The van der Waals surface area contributed by atoms with Crippen molar-refractivity contribution in [3.63, 3.8) is 0 Å². The highest BCUT2D eigenvalue weighted by Gasteiger charge is 2.28. The van der Waals surface area contributed by atoms with Gasteiger partial charge in [-0.1, -0.05) is 41.5 Å². The second-order valence-electron chi connectivity index (χ2n) is 6.39. The molecule has 3 nitrogen and oxygen atoms in total. The monoisotopic (exact) mass is 222 g/mol. The summed E-state index contributed by atoms with van der Waals surface area (Å²) in [5.74, 6) is 0.642. The summed E-state index contributed by atoms with van der Waals surface area (Å²) in [4.78, 5) is 16.6. The van der Waals surface area contributed by atoms with Crippen molar-refractivity contribution in [3.05, 3.63) is 17.7 Å². The Labute approximate surface area is 97.9 Å². The maximum atomic E-state index is 12.1. The van der Waals surface area contributed by atoms with E-state index < -0.39 is 0 Å². The van der Waals surface area contributed by atoms with Gasteiger partial charge in [0, 0.05) is 24.1 Å². The van der Waals surface area contributed by atoms with Crippen LogP contribution in [0.2, 0.25) is 0 Å². The quantitative estimate of drug-likeness (QED) is 0.685. The molecule has 1 aromatic rings. The molecule has 0 bridgehead atoms. The fraction of sp³-hybridized carbons (Fsp3) is 0.692. The highest BCUT2D eigenvalue weighted by atomic mass is 16.1. The van der Waals surface area contributed by atoms with Gasteiger partial charge in [0.2, 0.25) is 5.78 Å². The van der Waals surface area contributed by atoms with Crippen LogP contribution in [0.5, 0.6) is 0 Å². The predicted molar refractivity (Wildman–Crippen MR) is 65.7 cm³/mol. The van der Waals surface area contributed by atoms with Gasteiger partial charge in [0.05, 0.1) is 5.69 Å². The lowest BCUT2D eigenvalue weighted by Gasteiger charge is -2.16. The first-order valence-electron chi connectivity index (χ1n) is 5.62. The number of carbonyl (C=O) groups excluding carboxylic acids is 1. The van der Waals surface area contributed by atoms with E-state index in [4.69, 9.17) is 0 Å². The third-order valence-electron chi connectivity index (χ3n) is 2.53. The first kappa shape index (κ1) is 12.9. The second kappa shape index (κ2) is 3.72. The highest BCUT2D eigenvalue weighted by Crippen LogP contribution is 2.24. The van der Waals surface area contributed by atoms with Crippen LogP contribution < -0.4 is 0 Å². The Balaban J connectivity index is 3.18. The van der Waals surface area contributed by atoms with Gasteiger partial charge in [0.1, 0.15) is 0 Å². The van der Waals surface area contributed by atoms with Crippen LogP contribution in [0.4, 0.5) is 0 Å². The van der Waals surface area contributed by atoms with Gasteiger partial charge in [-0.15, -0.1) is 0 Å². The first-order chi connectivity index (χ1) is 7.03. The molecule has 0 spiro atoms. The molecular weight excluding hydrogens is 200 g/mol. The van der Waals surface area contributed by atoms with Crippen LogP contribution in [0.15, 0.2) is 6.20 Å². The molecule has 0 fully saturated rings. The van der Waals surface area contributed by atoms with Crippen LogP contribution in [-0.4, -0.2) is 15.3 Å². The minimum Gasteiger partial charge on any atom is -0.331 e. The summed E-state index contributed by atoms with van der Waals surface area (Å²) in [6.45, 7) is 12.0. The Bertz CT molecular complexity index is 403. The third-order valence-corrected chi connectivity index (χ3v) is 2.53. The predicted octanol–water partition coefficient (Wildman–Crippen LogP) is 2.95. The number of hydrogen-bond acceptors (Lipinski definition) is 2. The van der Waals surface area contributed by atoms with Gasteiger partial charge in [-0.25, -0.2) is 4.98 Å². The number of hydrogen-bond donors (Lipinski definition) is 0. The molecule has 0 saturated carbocycles. The molecule has 1 rings (SSSR count). The Morgan fingerprint density at radius 2 is 1.69 bits per heavy atom. The normalized spacial score (nSPS) is 12.9. The lowest BCUT2D eigenvalue weighted by molar-refractivity contribution is 0.0843. The van der Waals surface area contributed by atoms with Crippen LogP contribution in [-0.2, 0) is 12.5 Å². The van der Waals surface area contributed by atoms with E-state index in [2.05, 4.69) is 25.8 Å².